The van der Waals surface area contributed by atoms with Crippen molar-refractivity contribution in [3.8, 4) is 0 Å². The van der Waals surface area contributed by atoms with Crippen LogP contribution < -0.4 is 5.73 Å². The standard InChI is InChI=1S/C12H16N2O3S/c1-8-3-4-10-11(7-8)17-12(14-10)9(13)5-6-18(2,15)16/h3-4,7,9H,5-6,13H2,1-2H3. The van der Waals surface area contributed by atoms with Crippen molar-refractivity contribution in [2.75, 3.05) is 12.0 Å². The quantitative estimate of drug-likeness (QED) is 0.909. The summed E-state index contributed by atoms with van der Waals surface area (Å²) in [4.78, 5) is 4.27. The molecule has 0 aliphatic carbocycles. The van der Waals surface area contributed by atoms with Gasteiger partial charge in [-0.05, 0) is 31.0 Å². The van der Waals surface area contributed by atoms with Crippen LogP contribution in [0.4, 0.5) is 0 Å². The van der Waals surface area contributed by atoms with Crippen molar-refractivity contribution in [3.63, 3.8) is 0 Å². The average Bonchev–Trinajstić information content (AvgIpc) is 2.67. The minimum Gasteiger partial charge on any atom is -0.439 e. The number of hydrogen-bond donors (Lipinski definition) is 1. The lowest BCUT2D eigenvalue weighted by molar-refractivity contribution is 0.468. The van der Waals surface area contributed by atoms with Crippen LogP contribution >= 0.6 is 0 Å². The summed E-state index contributed by atoms with van der Waals surface area (Å²) in [6.45, 7) is 1.96. The summed E-state index contributed by atoms with van der Waals surface area (Å²) in [5.74, 6) is 0.422. The van der Waals surface area contributed by atoms with Gasteiger partial charge >= 0.3 is 0 Å². The summed E-state index contributed by atoms with van der Waals surface area (Å²) in [6.07, 6.45) is 1.50. The fraction of sp³-hybridized carbons (Fsp3) is 0.417. The molecule has 0 radical (unpaired) electrons. The second-order valence-electron chi connectivity index (χ2n) is 4.55. The highest BCUT2D eigenvalue weighted by Gasteiger charge is 2.16. The molecule has 0 saturated carbocycles. The van der Waals surface area contributed by atoms with E-state index < -0.39 is 15.9 Å². The smallest absolute Gasteiger partial charge is 0.212 e. The fourth-order valence-electron chi connectivity index (χ4n) is 1.67. The zero-order valence-electron chi connectivity index (χ0n) is 10.4. The highest BCUT2D eigenvalue weighted by atomic mass is 32.2. The molecule has 2 N–H and O–H groups in total. The van der Waals surface area contributed by atoms with E-state index in [1.807, 2.05) is 25.1 Å². The highest BCUT2D eigenvalue weighted by molar-refractivity contribution is 7.90. The predicted molar refractivity (Wildman–Crippen MR) is 70.0 cm³/mol. The number of nitrogens with zero attached hydrogens (tertiary/aromatic N) is 1. The Balaban J connectivity index is 2.20. The van der Waals surface area contributed by atoms with Crippen molar-refractivity contribution in [2.45, 2.75) is 19.4 Å². The Bertz CT molecular complexity index is 661. The van der Waals surface area contributed by atoms with Crippen LogP contribution in [-0.4, -0.2) is 25.4 Å². The van der Waals surface area contributed by atoms with Gasteiger partial charge in [-0.25, -0.2) is 13.4 Å². The fourth-order valence-corrected chi connectivity index (χ4v) is 2.35. The molecule has 2 rings (SSSR count). The summed E-state index contributed by atoms with van der Waals surface area (Å²) in [7, 11) is -3.01. The normalized spacial score (nSPS) is 13.9. The van der Waals surface area contributed by atoms with Crippen LogP contribution in [0.3, 0.4) is 0 Å². The van der Waals surface area contributed by atoms with E-state index in [0.717, 1.165) is 11.1 Å². The van der Waals surface area contributed by atoms with Gasteiger partial charge in [0.1, 0.15) is 15.4 Å². The van der Waals surface area contributed by atoms with Crippen molar-refractivity contribution in [2.24, 2.45) is 5.73 Å². The lowest BCUT2D eigenvalue weighted by Gasteiger charge is -2.05. The molecule has 1 unspecified atom stereocenters. The Morgan fingerprint density at radius 3 is 2.83 bits per heavy atom. The third kappa shape index (κ3) is 3.08. The Morgan fingerprint density at radius 1 is 1.44 bits per heavy atom. The van der Waals surface area contributed by atoms with Crippen molar-refractivity contribution in [3.05, 3.63) is 29.7 Å². The van der Waals surface area contributed by atoms with Gasteiger partial charge in [-0.3, -0.25) is 0 Å². The molecule has 1 aromatic carbocycles. The van der Waals surface area contributed by atoms with Crippen molar-refractivity contribution in [1.29, 1.82) is 0 Å². The SMILES string of the molecule is Cc1ccc2nc(C(N)CCS(C)(=O)=O)oc2c1. The van der Waals surface area contributed by atoms with E-state index in [9.17, 15) is 8.42 Å². The largest absolute Gasteiger partial charge is 0.439 e. The zero-order valence-corrected chi connectivity index (χ0v) is 11.2. The molecule has 1 aromatic heterocycles. The zero-order chi connectivity index (χ0) is 13.3. The maximum absolute atomic E-state index is 11.1. The van der Waals surface area contributed by atoms with Gasteiger partial charge in [-0.2, -0.15) is 0 Å². The molecule has 6 heteroatoms. The Kier molecular flexibility index (Phi) is 3.41. The third-order valence-corrected chi connectivity index (χ3v) is 3.65. The van der Waals surface area contributed by atoms with Gasteiger partial charge in [-0.15, -0.1) is 0 Å². The molecule has 0 aliphatic heterocycles. The van der Waals surface area contributed by atoms with Crippen LogP contribution in [0.2, 0.25) is 0 Å². The van der Waals surface area contributed by atoms with Crippen LogP contribution in [0.15, 0.2) is 22.6 Å². The van der Waals surface area contributed by atoms with Crippen LogP contribution in [0, 0.1) is 6.92 Å². The second-order valence-corrected chi connectivity index (χ2v) is 6.81. The number of nitrogens with two attached hydrogens (primary N) is 1. The summed E-state index contributed by atoms with van der Waals surface area (Å²) in [5, 5.41) is 0. The number of hydrogen-bond acceptors (Lipinski definition) is 5. The van der Waals surface area contributed by atoms with Crippen LogP contribution in [-0.2, 0) is 9.84 Å². The summed E-state index contributed by atoms with van der Waals surface area (Å²) in [6, 6.07) is 5.19. The molecule has 0 amide bonds. The number of rotatable bonds is 4. The first kappa shape index (κ1) is 13.0. The van der Waals surface area contributed by atoms with Gasteiger partial charge in [0.15, 0.2) is 5.58 Å². The van der Waals surface area contributed by atoms with Crippen molar-refractivity contribution < 1.29 is 12.8 Å². The molecular formula is C12H16N2O3S. The molecule has 0 spiro atoms. The van der Waals surface area contributed by atoms with Crippen molar-refractivity contribution >= 4 is 20.9 Å². The number of benzene rings is 1. The number of aromatic nitrogens is 1. The number of fused-ring (bicyclic) bond motifs is 1. The summed E-state index contributed by atoms with van der Waals surface area (Å²) < 4.78 is 27.7. The van der Waals surface area contributed by atoms with Crippen molar-refractivity contribution in [1.82, 2.24) is 4.98 Å². The van der Waals surface area contributed by atoms with Gasteiger partial charge in [0.05, 0.1) is 11.8 Å². The number of sulfone groups is 1. The minimum atomic E-state index is -3.01. The lowest BCUT2D eigenvalue weighted by Crippen LogP contribution is -2.15. The molecule has 18 heavy (non-hydrogen) atoms. The van der Waals surface area contributed by atoms with E-state index in [1.165, 1.54) is 6.26 Å². The summed E-state index contributed by atoms with van der Waals surface area (Å²) >= 11 is 0. The first-order chi connectivity index (χ1) is 8.35. The topological polar surface area (TPSA) is 86.2 Å². The molecule has 0 saturated heterocycles. The van der Waals surface area contributed by atoms with Gasteiger partial charge < -0.3 is 10.2 Å². The molecule has 98 valence electrons. The molecule has 0 fully saturated rings. The molecule has 1 atom stereocenters. The molecule has 1 heterocycles. The minimum absolute atomic E-state index is 0.0337. The van der Waals surface area contributed by atoms with Gasteiger partial charge in [-0.1, -0.05) is 6.07 Å². The maximum Gasteiger partial charge on any atom is 0.212 e. The number of aryl methyl sites for hydroxylation is 1. The molecular weight excluding hydrogens is 252 g/mol. The van der Waals surface area contributed by atoms with Crippen LogP contribution in [0.25, 0.3) is 11.1 Å². The summed E-state index contributed by atoms with van der Waals surface area (Å²) in [5.41, 5.74) is 8.38. The first-order valence-electron chi connectivity index (χ1n) is 5.65. The van der Waals surface area contributed by atoms with Gasteiger partial charge in [0.2, 0.25) is 5.89 Å². The molecule has 0 aliphatic rings. The average molecular weight is 268 g/mol. The Hall–Kier alpha value is -1.40. The monoisotopic (exact) mass is 268 g/mol. The van der Waals surface area contributed by atoms with Crippen LogP contribution in [0.1, 0.15) is 23.9 Å². The van der Waals surface area contributed by atoms with E-state index in [-0.39, 0.29) is 5.75 Å². The first-order valence-corrected chi connectivity index (χ1v) is 7.71. The van der Waals surface area contributed by atoms with E-state index in [2.05, 4.69) is 4.98 Å². The Morgan fingerprint density at radius 2 is 2.17 bits per heavy atom. The highest BCUT2D eigenvalue weighted by Crippen LogP contribution is 2.21. The van der Waals surface area contributed by atoms with Crippen LogP contribution in [0.5, 0.6) is 0 Å². The molecule has 2 aromatic rings. The maximum atomic E-state index is 11.1. The van der Waals surface area contributed by atoms with E-state index >= 15 is 0 Å². The van der Waals surface area contributed by atoms with Gasteiger partial charge in [0, 0.05) is 6.26 Å². The van der Waals surface area contributed by atoms with E-state index in [0.29, 0.717) is 17.9 Å². The van der Waals surface area contributed by atoms with E-state index in [4.69, 9.17) is 10.2 Å². The number of oxazole rings is 1. The Labute approximate surface area is 106 Å². The predicted octanol–water partition coefficient (Wildman–Crippen LogP) is 1.57. The van der Waals surface area contributed by atoms with Gasteiger partial charge in [0.25, 0.3) is 0 Å². The lowest BCUT2D eigenvalue weighted by atomic mass is 10.2. The second kappa shape index (κ2) is 4.70. The molecule has 0 bridgehead atoms. The molecule has 5 nitrogen and oxygen atoms in total. The third-order valence-electron chi connectivity index (χ3n) is 2.68. The van der Waals surface area contributed by atoms with E-state index in [1.54, 1.807) is 0 Å².